The Labute approximate surface area is 111 Å². The van der Waals surface area contributed by atoms with Crippen molar-refractivity contribution in [2.45, 2.75) is 19.3 Å². The van der Waals surface area contributed by atoms with Gasteiger partial charge in [-0.1, -0.05) is 12.1 Å². The molecule has 1 fully saturated rings. The molecule has 0 aliphatic carbocycles. The van der Waals surface area contributed by atoms with Crippen LogP contribution in [-0.4, -0.2) is 34.1 Å². The number of nitrogens with one attached hydrogen (secondary N) is 1. The van der Waals surface area contributed by atoms with Gasteiger partial charge in [0, 0.05) is 13.1 Å². The summed E-state index contributed by atoms with van der Waals surface area (Å²) in [5.41, 5.74) is 1.98. The molecule has 1 unspecified atom stereocenters. The largest absolute Gasteiger partial charge is 0.481 e. The molecule has 0 amide bonds. The first-order chi connectivity index (χ1) is 9.24. The quantitative estimate of drug-likeness (QED) is 0.868. The third-order valence-corrected chi connectivity index (χ3v) is 3.75. The molecule has 1 aromatic carbocycles. The highest BCUT2D eigenvalue weighted by molar-refractivity contribution is 5.77. The lowest BCUT2D eigenvalue weighted by atomic mass is 10.0. The average molecular weight is 259 g/mol. The normalized spacial score (nSPS) is 20.4. The number of carboxylic acids is 1. The monoisotopic (exact) mass is 259 g/mol. The van der Waals surface area contributed by atoms with Crippen LogP contribution in [0.25, 0.3) is 11.0 Å². The van der Waals surface area contributed by atoms with E-state index in [4.69, 9.17) is 5.11 Å². The molecule has 1 aliphatic rings. The van der Waals surface area contributed by atoms with Gasteiger partial charge in [0.15, 0.2) is 0 Å². The second-order valence-electron chi connectivity index (χ2n) is 5.03. The van der Waals surface area contributed by atoms with Crippen molar-refractivity contribution in [2.75, 3.05) is 18.0 Å². The second-order valence-corrected chi connectivity index (χ2v) is 5.03. The van der Waals surface area contributed by atoms with Gasteiger partial charge in [-0.15, -0.1) is 0 Å². The standard InChI is InChI=1S/C14H17N3O2/c18-13(19)10-4-3-8-17(9-7-10)14-15-11-5-1-2-6-12(11)16-14/h1-2,5-6,10H,3-4,7-9H2,(H,15,16)(H,18,19). The average Bonchev–Trinajstić information content (AvgIpc) is 2.67. The van der Waals surface area contributed by atoms with Crippen LogP contribution < -0.4 is 4.90 Å². The van der Waals surface area contributed by atoms with Gasteiger partial charge in [-0.3, -0.25) is 4.79 Å². The molecule has 3 rings (SSSR count). The van der Waals surface area contributed by atoms with E-state index in [1.807, 2.05) is 24.3 Å². The minimum Gasteiger partial charge on any atom is -0.481 e. The Kier molecular flexibility index (Phi) is 3.11. The zero-order valence-electron chi connectivity index (χ0n) is 10.7. The molecule has 1 aliphatic heterocycles. The van der Waals surface area contributed by atoms with E-state index in [-0.39, 0.29) is 5.92 Å². The van der Waals surface area contributed by atoms with Crippen molar-refractivity contribution in [3.05, 3.63) is 24.3 Å². The number of hydrogen-bond acceptors (Lipinski definition) is 3. The summed E-state index contributed by atoms with van der Waals surface area (Å²) in [6, 6.07) is 7.93. The van der Waals surface area contributed by atoms with Crippen molar-refractivity contribution in [3.63, 3.8) is 0 Å². The minimum absolute atomic E-state index is 0.214. The molecule has 2 aromatic rings. The van der Waals surface area contributed by atoms with Gasteiger partial charge in [-0.25, -0.2) is 4.98 Å². The van der Waals surface area contributed by atoms with Gasteiger partial charge in [0.25, 0.3) is 0 Å². The summed E-state index contributed by atoms with van der Waals surface area (Å²) in [6.07, 6.45) is 2.34. The molecule has 100 valence electrons. The molecule has 1 atom stereocenters. The molecule has 2 N–H and O–H groups in total. The number of rotatable bonds is 2. The molecule has 0 spiro atoms. The van der Waals surface area contributed by atoms with Gasteiger partial charge < -0.3 is 15.0 Å². The maximum atomic E-state index is 11.0. The van der Waals surface area contributed by atoms with Crippen LogP contribution in [-0.2, 0) is 4.79 Å². The Morgan fingerprint density at radius 2 is 2.16 bits per heavy atom. The fraction of sp³-hybridized carbons (Fsp3) is 0.429. The van der Waals surface area contributed by atoms with E-state index in [0.29, 0.717) is 6.42 Å². The molecular weight excluding hydrogens is 242 g/mol. The fourth-order valence-electron chi connectivity index (χ4n) is 2.64. The molecule has 2 heterocycles. The molecule has 1 saturated heterocycles. The fourth-order valence-corrected chi connectivity index (χ4v) is 2.64. The van der Waals surface area contributed by atoms with Crippen LogP contribution in [0.3, 0.4) is 0 Å². The van der Waals surface area contributed by atoms with Gasteiger partial charge in [0.2, 0.25) is 5.95 Å². The van der Waals surface area contributed by atoms with Crippen molar-refractivity contribution in [3.8, 4) is 0 Å². The van der Waals surface area contributed by atoms with Gasteiger partial charge in [-0.2, -0.15) is 0 Å². The van der Waals surface area contributed by atoms with Crippen molar-refractivity contribution >= 4 is 23.0 Å². The molecule has 1 aromatic heterocycles. The number of aromatic amines is 1. The predicted molar refractivity (Wildman–Crippen MR) is 73.3 cm³/mol. The van der Waals surface area contributed by atoms with Crippen molar-refractivity contribution in [1.29, 1.82) is 0 Å². The van der Waals surface area contributed by atoms with Crippen LogP contribution in [0.15, 0.2) is 24.3 Å². The van der Waals surface area contributed by atoms with E-state index in [1.165, 1.54) is 0 Å². The lowest BCUT2D eigenvalue weighted by Crippen LogP contribution is -2.25. The SMILES string of the molecule is O=C(O)C1CCCN(c2nc3ccccc3[nH]2)CC1. The summed E-state index contributed by atoms with van der Waals surface area (Å²) in [5.74, 6) is -0.0342. The molecule has 5 nitrogen and oxygen atoms in total. The summed E-state index contributed by atoms with van der Waals surface area (Å²) in [4.78, 5) is 21.1. The van der Waals surface area contributed by atoms with E-state index in [2.05, 4.69) is 14.9 Å². The lowest BCUT2D eigenvalue weighted by Gasteiger charge is -2.18. The molecule has 0 radical (unpaired) electrons. The van der Waals surface area contributed by atoms with Crippen molar-refractivity contribution in [2.24, 2.45) is 5.92 Å². The van der Waals surface area contributed by atoms with E-state index in [9.17, 15) is 4.79 Å². The number of para-hydroxylation sites is 2. The molecular formula is C14H17N3O2. The smallest absolute Gasteiger partial charge is 0.306 e. The number of benzene rings is 1. The lowest BCUT2D eigenvalue weighted by molar-refractivity contribution is -0.142. The van der Waals surface area contributed by atoms with Crippen molar-refractivity contribution in [1.82, 2.24) is 9.97 Å². The maximum absolute atomic E-state index is 11.0. The van der Waals surface area contributed by atoms with Crippen LogP contribution in [0, 0.1) is 5.92 Å². The van der Waals surface area contributed by atoms with Gasteiger partial charge in [0.1, 0.15) is 0 Å². The van der Waals surface area contributed by atoms with Gasteiger partial charge in [-0.05, 0) is 31.4 Å². The number of fused-ring (bicyclic) bond motifs is 1. The zero-order valence-corrected chi connectivity index (χ0v) is 10.7. The number of anilines is 1. The van der Waals surface area contributed by atoms with E-state index < -0.39 is 5.97 Å². The number of imidazole rings is 1. The number of aliphatic carboxylic acids is 1. The third kappa shape index (κ3) is 2.41. The maximum Gasteiger partial charge on any atom is 0.306 e. The summed E-state index contributed by atoms with van der Waals surface area (Å²) < 4.78 is 0. The first-order valence-electron chi connectivity index (χ1n) is 6.66. The summed E-state index contributed by atoms with van der Waals surface area (Å²) in [5, 5.41) is 9.09. The first kappa shape index (κ1) is 12.0. The Bertz CT molecular complexity index is 560. The van der Waals surface area contributed by atoms with E-state index in [1.54, 1.807) is 0 Å². The highest BCUT2D eigenvalue weighted by Gasteiger charge is 2.23. The molecule has 0 saturated carbocycles. The second kappa shape index (κ2) is 4.91. The van der Waals surface area contributed by atoms with Crippen LogP contribution in [0.1, 0.15) is 19.3 Å². The van der Waals surface area contributed by atoms with Crippen LogP contribution in [0.5, 0.6) is 0 Å². The number of nitrogens with zero attached hydrogens (tertiary/aromatic N) is 2. The van der Waals surface area contributed by atoms with Crippen LogP contribution >= 0.6 is 0 Å². The Morgan fingerprint density at radius 1 is 1.32 bits per heavy atom. The topological polar surface area (TPSA) is 69.2 Å². The summed E-state index contributed by atoms with van der Waals surface area (Å²) in [7, 11) is 0. The summed E-state index contributed by atoms with van der Waals surface area (Å²) in [6.45, 7) is 1.61. The van der Waals surface area contributed by atoms with E-state index in [0.717, 1.165) is 42.9 Å². The highest BCUT2D eigenvalue weighted by Crippen LogP contribution is 2.23. The van der Waals surface area contributed by atoms with Crippen LogP contribution in [0.4, 0.5) is 5.95 Å². The van der Waals surface area contributed by atoms with Gasteiger partial charge >= 0.3 is 5.97 Å². The zero-order chi connectivity index (χ0) is 13.2. The first-order valence-corrected chi connectivity index (χ1v) is 6.66. The van der Waals surface area contributed by atoms with Crippen LogP contribution in [0.2, 0.25) is 0 Å². The van der Waals surface area contributed by atoms with Crippen molar-refractivity contribution < 1.29 is 9.90 Å². The third-order valence-electron chi connectivity index (χ3n) is 3.75. The number of hydrogen-bond donors (Lipinski definition) is 2. The number of aromatic nitrogens is 2. The Hall–Kier alpha value is -2.04. The molecule has 19 heavy (non-hydrogen) atoms. The number of H-pyrrole nitrogens is 1. The number of carbonyl (C=O) groups is 1. The van der Waals surface area contributed by atoms with Gasteiger partial charge in [0.05, 0.1) is 17.0 Å². The summed E-state index contributed by atoms with van der Waals surface area (Å²) >= 11 is 0. The Morgan fingerprint density at radius 3 is 2.95 bits per heavy atom. The number of carboxylic acid groups (broad SMARTS) is 1. The Balaban J connectivity index is 1.80. The molecule has 5 heteroatoms. The molecule has 0 bridgehead atoms. The highest BCUT2D eigenvalue weighted by atomic mass is 16.4. The minimum atomic E-state index is -0.675. The van der Waals surface area contributed by atoms with E-state index >= 15 is 0 Å². The predicted octanol–water partition coefficient (Wildman–Crippen LogP) is 2.25.